The molecule has 0 aliphatic carbocycles. The Morgan fingerprint density at radius 1 is 1.39 bits per heavy atom. The number of para-hydroxylation sites is 1. The molecule has 0 bridgehead atoms. The van der Waals surface area contributed by atoms with E-state index in [0.717, 1.165) is 24.3 Å². The van der Waals surface area contributed by atoms with Crippen molar-refractivity contribution in [2.75, 3.05) is 31.6 Å². The van der Waals surface area contributed by atoms with E-state index in [1.165, 1.54) is 0 Å². The first-order chi connectivity index (χ1) is 8.67. The summed E-state index contributed by atoms with van der Waals surface area (Å²) in [6.45, 7) is 6.06. The zero-order valence-corrected chi connectivity index (χ0v) is 11.1. The number of benzene rings is 1. The summed E-state index contributed by atoms with van der Waals surface area (Å²) in [6.07, 6.45) is 0.700. The number of amides is 1. The lowest BCUT2D eigenvalue weighted by Gasteiger charge is -2.19. The molecule has 1 amide bonds. The van der Waals surface area contributed by atoms with Crippen molar-refractivity contribution in [3.05, 3.63) is 29.8 Å². The molecule has 100 valence electrons. The summed E-state index contributed by atoms with van der Waals surface area (Å²) in [6, 6.07) is 7.73. The fourth-order valence-corrected chi connectivity index (χ4v) is 1.75. The van der Waals surface area contributed by atoms with E-state index in [1.54, 1.807) is 0 Å². The van der Waals surface area contributed by atoms with Gasteiger partial charge in [0.1, 0.15) is 0 Å². The number of aliphatic hydroxyl groups excluding tert-OH is 1. The number of likely N-dealkylation sites (N-methyl/N-ethyl adjacent to an activating group) is 1. The Hall–Kier alpha value is -1.39. The molecule has 0 heterocycles. The molecular weight excluding hydrogens is 228 g/mol. The number of hydrogen-bond acceptors (Lipinski definition) is 3. The van der Waals surface area contributed by atoms with Gasteiger partial charge in [-0.2, -0.15) is 0 Å². The van der Waals surface area contributed by atoms with Gasteiger partial charge >= 0.3 is 0 Å². The highest BCUT2D eigenvalue weighted by atomic mass is 16.3. The Morgan fingerprint density at radius 2 is 2.11 bits per heavy atom. The van der Waals surface area contributed by atoms with Gasteiger partial charge in [0.25, 0.3) is 0 Å². The second kappa shape index (κ2) is 7.84. The van der Waals surface area contributed by atoms with Gasteiger partial charge in [0.15, 0.2) is 0 Å². The minimum atomic E-state index is -0.0101. The van der Waals surface area contributed by atoms with Crippen LogP contribution in [0.15, 0.2) is 24.3 Å². The van der Waals surface area contributed by atoms with Crippen LogP contribution in [-0.4, -0.2) is 42.2 Å². The number of aliphatic hydroxyl groups is 1. The normalized spacial score (nSPS) is 10.7. The zero-order valence-electron chi connectivity index (χ0n) is 11.1. The molecule has 0 aromatic heterocycles. The summed E-state index contributed by atoms with van der Waals surface area (Å²) in [5, 5.41) is 11.7. The van der Waals surface area contributed by atoms with Gasteiger partial charge in [-0.25, -0.2) is 0 Å². The van der Waals surface area contributed by atoms with E-state index in [-0.39, 0.29) is 12.5 Å². The van der Waals surface area contributed by atoms with Crippen LogP contribution >= 0.6 is 0 Å². The highest BCUT2D eigenvalue weighted by Crippen LogP contribution is 2.12. The van der Waals surface area contributed by atoms with Crippen molar-refractivity contribution in [3.63, 3.8) is 0 Å². The van der Waals surface area contributed by atoms with Crippen LogP contribution in [0.25, 0.3) is 0 Å². The summed E-state index contributed by atoms with van der Waals surface area (Å²) in [4.78, 5) is 13.9. The number of carbonyl (C=O) groups is 1. The predicted molar refractivity (Wildman–Crippen MR) is 73.6 cm³/mol. The average molecular weight is 250 g/mol. The molecule has 0 aliphatic heterocycles. The largest absolute Gasteiger partial charge is 0.396 e. The van der Waals surface area contributed by atoms with Crippen LogP contribution in [0.2, 0.25) is 0 Å². The molecule has 0 fully saturated rings. The molecule has 4 heteroatoms. The number of anilines is 1. The maximum absolute atomic E-state index is 11.9. The van der Waals surface area contributed by atoms with Crippen molar-refractivity contribution >= 4 is 11.6 Å². The second-order valence-electron chi connectivity index (χ2n) is 4.31. The number of hydrogen-bond donors (Lipinski definition) is 2. The molecule has 1 rings (SSSR count). The topological polar surface area (TPSA) is 52.6 Å². The highest BCUT2D eigenvalue weighted by molar-refractivity contribution is 5.92. The Morgan fingerprint density at radius 3 is 2.72 bits per heavy atom. The molecule has 0 saturated heterocycles. The third-order valence-electron chi connectivity index (χ3n) is 2.87. The van der Waals surface area contributed by atoms with E-state index >= 15 is 0 Å². The van der Waals surface area contributed by atoms with E-state index in [0.29, 0.717) is 13.0 Å². The molecule has 1 aromatic rings. The predicted octanol–water partition coefficient (Wildman–Crippen LogP) is 1.64. The fourth-order valence-electron chi connectivity index (χ4n) is 1.75. The van der Waals surface area contributed by atoms with Crippen molar-refractivity contribution in [1.29, 1.82) is 0 Å². The molecular formula is C14H22N2O2. The zero-order chi connectivity index (χ0) is 13.4. The molecule has 0 unspecified atom stereocenters. The van der Waals surface area contributed by atoms with E-state index in [2.05, 4.69) is 5.32 Å². The summed E-state index contributed by atoms with van der Waals surface area (Å²) < 4.78 is 0. The van der Waals surface area contributed by atoms with Crippen molar-refractivity contribution in [2.45, 2.75) is 20.3 Å². The van der Waals surface area contributed by atoms with Crippen LogP contribution in [0.5, 0.6) is 0 Å². The summed E-state index contributed by atoms with van der Waals surface area (Å²) in [5.74, 6) is -0.0101. The molecule has 2 N–H and O–H groups in total. The minimum Gasteiger partial charge on any atom is -0.396 e. The number of nitrogens with one attached hydrogen (secondary N) is 1. The Bertz CT molecular complexity index is 380. The molecule has 4 nitrogen and oxygen atoms in total. The number of carbonyl (C=O) groups excluding carboxylic acids is 1. The standard InChI is InChI=1S/C14H22N2O2/c1-3-16(9-6-10-17)11-14(18)15-13-8-5-4-7-12(13)2/h4-5,7-8,17H,3,6,9-11H2,1-2H3,(H,15,18). The summed E-state index contributed by atoms with van der Waals surface area (Å²) in [7, 11) is 0. The third-order valence-corrected chi connectivity index (χ3v) is 2.87. The van der Waals surface area contributed by atoms with Gasteiger partial charge in [-0.1, -0.05) is 25.1 Å². The lowest BCUT2D eigenvalue weighted by molar-refractivity contribution is -0.117. The lowest BCUT2D eigenvalue weighted by Crippen LogP contribution is -2.34. The second-order valence-corrected chi connectivity index (χ2v) is 4.31. The Labute approximate surface area is 109 Å². The van der Waals surface area contributed by atoms with E-state index in [9.17, 15) is 4.79 Å². The molecule has 1 aromatic carbocycles. The van der Waals surface area contributed by atoms with Crippen LogP contribution in [0.4, 0.5) is 5.69 Å². The van der Waals surface area contributed by atoms with Crippen LogP contribution in [0.3, 0.4) is 0 Å². The first-order valence-corrected chi connectivity index (χ1v) is 6.36. The molecule has 0 atom stereocenters. The molecule has 18 heavy (non-hydrogen) atoms. The molecule has 0 aliphatic rings. The maximum atomic E-state index is 11.9. The summed E-state index contributed by atoms with van der Waals surface area (Å²) >= 11 is 0. The van der Waals surface area contributed by atoms with Crippen molar-refractivity contribution in [3.8, 4) is 0 Å². The average Bonchev–Trinajstić information content (AvgIpc) is 2.37. The van der Waals surface area contributed by atoms with Crippen molar-refractivity contribution in [1.82, 2.24) is 4.90 Å². The van der Waals surface area contributed by atoms with Crippen LogP contribution < -0.4 is 5.32 Å². The van der Waals surface area contributed by atoms with Gasteiger partial charge in [-0.3, -0.25) is 9.69 Å². The first kappa shape index (κ1) is 14.7. The lowest BCUT2D eigenvalue weighted by atomic mass is 10.2. The molecule has 0 saturated carbocycles. The molecule has 0 radical (unpaired) electrons. The van der Waals surface area contributed by atoms with Gasteiger partial charge in [-0.15, -0.1) is 0 Å². The third kappa shape index (κ3) is 4.85. The smallest absolute Gasteiger partial charge is 0.238 e. The number of aryl methyl sites for hydroxylation is 1. The van der Waals surface area contributed by atoms with Crippen molar-refractivity contribution in [2.24, 2.45) is 0 Å². The van der Waals surface area contributed by atoms with Gasteiger partial charge < -0.3 is 10.4 Å². The number of nitrogens with zero attached hydrogens (tertiary/aromatic N) is 1. The van der Waals surface area contributed by atoms with Crippen LogP contribution in [0, 0.1) is 6.92 Å². The molecule has 0 spiro atoms. The maximum Gasteiger partial charge on any atom is 0.238 e. The Kier molecular flexibility index (Phi) is 6.39. The highest BCUT2D eigenvalue weighted by Gasteiger charge is 2.09. The van der Waals surface area contributed by atoms with Gasteiger partial charge in [-0.05, 0) is 31.5 Å². The first-order valence-electron chi connectivity index (χ1n) is 6.36. The number of rotatable bonds is 7. The Balaban J connectivity index is 2.48. The van der Waals surface area contributed by atoms with Gasteiger partial charge in [0.2, 0.25) is 5.91 Å². The van der Waals surface area contributed by atoms with Gasteiger partial charge in [0, 0.05) is 18.8 Å². The van der Waals surface area contributed by atoms with E-state index < -0.39 is 0 Å². The monoisotopic (exact) mass is 250 g/mol. The SMILES string of the molecule is CCN(CCCO)CC(=O)Nc1ccccc1C. The van der Waals surface area contributed by atoms with E-state index in [4.69, 9.17) is 5.11 Å². The van der Waals surface area contributed by atoms with E-state index in [1.807, 2.05) is 43.0 Å². The van der Waals surface area contributed by atoms with Crippen LogP contribution in [0.1, 0.15) is 18.9 Å². The van der Waals surface area contributed by atoms with Crippen molar-refractivity contribution < 1.29 is 9.90 Å². The van der Waals surface area contributed by atoms with Gasteiger partial charge in [0.05, 0.1) is 6.54 Å². The minimum absolute atomic E-state index is 0.0101. The quantitative estimate of drug-likeness (QED) is 0.773. The fraction of sp³-hybridized carbons (Fsp3) is 0.500. The van der Waals surface area contributed by atoms with Crippen LogP contribution in [-0.2, 0) is 4.79 Å². The summed E-state index contributed by atoms with van der Waals surface area (Å²) in [5.41, 5.74) is 1.92.